The molecule has 0 aliphatic rings. The Kier molecular flexibility index (Phi) is 4.06. The summed E-state index contributed by atoms with van der Waals surface area (Å²) in [5, 5.41) is 0.138. The first-order valence-electron chi connectivity index (χ1n) is 5.73. The molecule has 98 valence electrons. The van der Waals surface area contributed by atoms with Gasteiger partial charge in [0, 0.05) is 11.8 Å². The molecule has 6 heteroatoms. The number of nitrogens with zero attached hydrogens (tertiary/aromatic N) is 3. The Morgan fingerprint density at radius 2 is 2.16 bits per heavy atom. The first-order valence-corrected chi connectivity index (χ1v) is 6.11. The van der Waals surface area contributed by atoms with Crippen molar-refractivity contribution in [1.82, 2.24) is 15.0 Å². The second kappa shape index (κ2) is 5.75. The van der Waals surface area contributed by atoms with Crippen molar-refractivity contribution >= 4 is 17.9 Å². The molecule has 2 aromatic heterocycles. The van der Waals surface area contributed by atoms with Crippen LogP contribution in [0.5, 0.6) is 5.75 Å². The molecule has 0 fully saturated rings. The standard InChI is InChI=1S/C13H12ClN3O2/c1-3-19-10-4-9(5-15-6-10)12-11(7-18)13(14)17-8(2)16-12/h4-7H,3H2,1-2H3. The highest BCUT2D eigenvalue weighted by Gasteiger charge is 2.13. The van der Waals surface area contributed by atoms with Crippen LogP contribution in [0.25, 0.3) is 11.3 Å². The van der Waals surface area contributed by atoms with Gasteiger partial charge < -0.3 is 4.74 Å². The van der Waals surface area contributed by atoms with Crippen LogP contribution in [-0.2, 0) is 0 Å². The van der Waals surface area contributed by atoms with Crippen molar-refractivity contribution in [3.8, 4) is 17.0 Å². The fourth-order valence-electron chi connectivity index (χ4n) is 1.67. The van der Waals surface area contributed by atoms with Gasteiger partial charge in [0.1, 0.15) is 16.7 Å². The molecule has 0 saturated heterocycles. The van der Waals surface area contributed by atoms with Crippen LogP contribution in [0, 0.1) is 6.92 Å². The largest absolute Gasteiger partial charge is 0.492 e. The highest BCUT2D eigenvalue weighted by molar-refractivity contribution is 6.32. The summed E-state index contributed by atoms with van der Waals surface area (Å²) in [5.41, 5.74) is 1.38. The number of carbonyl (C=O) groups excluding carboxylic acids is 1. The zero-order valence-electron chi connectivity index (χ0n) is 10.6. The quantitative estimate of drug-likeness (QED) is 0.635. The molecule has 0 spiro atoms. The van der Waals surface area contributed by atoms with E-state index in [0.717, 1.165) is 0 Å². The zero-order chi connectivity index (χ0) is 13.8. The van der Waals surface area contributed by atoms with Gasteiger partial charge in [-0.1, -0.05) is 11.6 Å². The van der Waals surface area contributed by atoms with Gasteiger partial charge in [0.15, 0.2) is 6.29 Å². The van der Waals surface area contributed by atoms with Crippen LogP contribution in [-0.4, -0.2) is 27.8 Å². The average Bonchev–Trinajstić information content (AvgIpc) is 2.38. The van der Waals surface area contributed by atoms with Crippen molar-refractivity contribution in [1.29, 1.82) is 0 Å². The smallest absolute Gasteiger partial charge is 0.155 e. The Morgan fingerprint density at radius 3 is 2.84 bits per heavy atom. The summed E-state index contributed by atoms with van der Waals surface area (Å²) in [5.74, 6) is 1.11. The van der Waals surface area contributed by atoms with Crippen LogP contribution in [0.3, 0.4) is 0 Å². The molecular formula is C13H12ClN3O2. The highest BCUT2D eigenvalue weighted by Crippen LogP contribution is 2.26. The van der Waals surface area contributed by atoms with Crippen molar-refractivity contribution in [2.75, 3.05) is 6.61 Å². The predicted octanol–water partition coefficient (Wildman–Crippen LogP) is 2.71. The number of carbonyl (C=O) groups is 1. The molecule has 0 bridgehead atoms. The minimum Gasteiger partial charge on any atom is -0.492 e. The molecule has 0 saturated carbocycles. The van der Waals surface area contributed by atoms with E-state index in [1.54, 1.807) is 25.4 Å². The molecule has 19 heavy (non-hydrogen) atoms. The Balaban J connectivity index is 2.57. The summed E-state index contributed by atoms with van der Waals surface area (Å²) >= 11 is 5.95. The number of aryl methyl sites for hydroxylation is 1. The van der Waals surface area contributed by atoms with Crippen LogP contribution < -0.4 is 4.74 Å². The summed E-state index contributed by atoms with van der Waals surface area (Å²) in [6, 6.07) is 1.77. The maximum atomic E-state index is 11.1. The van der Waals surface area contributed by atoms with Crippen LogP contribution >= 0.6 is 11.6 Å². The van der Waals surface area contributed by atoms with Gasteiger partial charge in [0.25, 0.3) is 0 Å². The van der Waals surface area contributed by atoms with E-state index in [4.69, 9.17) is 16.3 Å². The summed E-state index contributed by atoms with van der Waals surface area (Å²) in [6.45, 7) is 4.13. The predicted molar refractivity (Wildman–Crippen MR) is 71.6 cm³/mol. The number of hydrogen-bond acceptors (Lipinski definition) is 5. The first-order chi connectivity index (χ1) is 9.15. The molecule has 0 atom stereocenters. The van der Waals surface area contributed by atoms with E-state index in [9.17, 15) is 4.79 Å². The highest BCUT2D eigenvalue weighted by atomic mass is 35.5. The van der Waals surface area contributed by atoms with E-state index in [1.807, 2.05) is 6.92 Å². The third-order valence-electron chi connectivity index (χ3n) is 2.43. The molecule has 2 heterocycles. The summed E-state index contributed by atoms with van der Waals surface area (Å²) in [7, 11) is 0. The molecule has 0 aromatic carbocycles. The monoisotopic (exact) mass is 277 g/mol. The number of rotatable bonds is 4. The number of aldehydes is 1. The SMILES string of the molecule is CCOc1cncc(-c2nc(C)nc(Cl)c2C=O)c1. The van der Waals surface area contributed by atoms with Gasteiger partial charge in [-0.2, -0.15) is 0 Å². The van der Waals surface area contributed by atoms with E-state index in [0.29, 0.717) is 35.7 Å². The molecular weight excluding hydrogens is 266 g/mol. The maximum Gasteiger partial charge on any atom is 0.155 e. The van der Waals surface area contributed by atoms with E-state index < -0.39 is 0 Å². The topological polar surface area (TPSA) is 65.0 Å². The van der Waals surface area contributed by atoms with E-state index >= 15 is 0 Å². The van der Waals surface area contributed by atoms with E-state index in [-0.39, 0.29) is 10.7 Å². The molecule has 0 unspecified atom stereocenters. The van der Waals surface area contributed by atoms with Crippen LogP contribution in [0.15, 0.2) is 18.5 Å². The number of pyridine rings is 1. The van der Waals surface area contributed by atoms with Crippen LogP contribution in [0.1, 0.15) is 23.1 Å². The lowest BCUT2D eigenvalue weighted by molar-refractivity contribution is 0.112. The minimum atomic E-state index is 0.138. The normalized spacial score (nSPS) is 10.3. The van der Waals surface area contributed by atoms with Crippen molar-refractivity contribution in [3.63, 3.8) is 0 Å². The molecule has 0 aliphatic heterocycles. The molecule has 0 amide bonds. The van der Waals surface area contributed by atoms with Crippen molar-refractivity contribution < 1.29 is 9.53 Å². The first kappa shape index (κ1) is 13.4. The van der Waals surface area contributed by atoms with Crippen LogP contribution in [0.2, 0.25) is 5.15 Å². The fourth-order valence-corrected chi connectivity index (χ4v) is 1.92. The van der Waals surface area contributed by atoms with Crippen molar-refractivity contribution in [2.45, 2.75) is 13.8 Å². The fraction of sp³-hybridized carbons (Fsp3) is 0.231. The molecule has 2 aromatic rings. The second-order valence-electron chi connectivity index (χ2n) is 3.78. The van der Waals surface area contributed by atoms with Crippen molar-refractivity contribution in [3.05, 3.63) is 35.0 Å². The lowest BCUT2D eigenvalue weighted by Gasteiger charge is -2.08. The number of halogens is 1. The van der Waals surface area contributed by atoms with Gasteiger partial charge in [-0.15, -0.1) is 0 Å². The van der Waals surface area contributed by atoms with Gasteiger partial charge in [0.05, 0.1) is 24.1 Å². The summed E-state index contributed by atoms with van der Waals surface area (Å²) in [6.07, 6.45) is 3.85. The van der Waals surface area contributed by atoms with E-state index in [1.165, 1.54) is 0 Å². The number of hydrogen-bond donors (Lipinski definition) is 0. The lowest BCUT2D eigenvalue weighted by Crippen LogP contribution is -2.00. The van der Waals surface area contributed by atoms with Gasteiger partial charge in [-0.25, -0.2) is 9.97 Å². The lowest BCUT2D eigenvalue weighted by atomic mass is 10.1. The van der Waals surface area contributed by atoms with Gasteiger partial charge in [-0.05, 0) is 19.9 Å². The Hall–Kier alpha value is -2.01. The summed E-state index contributed by atoms with van der Waals surface area (Å²) < 4.78 is 5.37. The molecule has 2 rings (SSSR count). The minimum absolute atomic E-state index is 0.138. The van der Waals surface area contributed by atoms with Gasteiger partial charge in [0.2, 0.25) is 0 Å². The molecule has 0 radical (unpaired) electrons. The Bertz CT molecular complexity index is 617. The third-order valence-corrected chi connectivity index (χ3v) is 2.71. The Morgan fingerprint density at radius 1 is 1.37 bits per heavy atom. The maximum absolute atomic E-state index is 11.1. The summed E-state index contributed by atoms with van der Waals surface area (Å²) in [4.78, 5) is 23.4. The molecule has 0 N–H and O–H groups in total. The van der Waals surface area contributed by atoms with E-state index in [2.05, 4.69) is 15.0 Å². The van der Waals surface area contributed by atoms with Gasteiger partial charge >= 0.3 is 0 Å². The number of aromatic nitrogens is 3. The number of ether oxygens (including phenoxy) is 1. The third kappa shape index (κ3) is 2.88. The van der Waals surface area contributed by atoms with Crippen LogP contribution in [0.4, 0.5) is 0 Å². The Labute approximate surface area is 115 Å². The molecule has 5 nitrogen and oxygen atoms in total. The zero-order valence-corrected chi connectivity index (χ0v) is 11.3. The second-order valence-corrected chi connectivity index (χ2v) is 4.14. The van der Waals surface area contributed by atoms with Crippen molar-refractivity contribution in [2.24, 2.45) is 0 Å². The van der Waals surface area contributed by atoms with Gasteiger partial charge in [-0.3, -0.25) is 9.78 Å². The molecule has 0 aliphatic carbocycles. The average molecular weight is 278 g/mol.